The van der Waals surface area contributed by atoms with Crippen molar-refractivity contribution in [3.63, 3.8) is 0 Å². The molecule has 1 aliphatic heterocycles. The average molecular weight is 252 g/mol. The van der Waals surface area contributed by atoms with E-state index in [1.807, 2.05) is 0 Å². The van der Waals surface area contributed by atoms with Crippen molar-refractivity contribution in [2.75, 3.05) is 11.4 Å². The van der Waals surface area contributed by atoms with Crippen LogP contribution in [0.5, 0.6) is 0 Å². The number of hydrogen-bond acceptors (Lipinski definition) is 2. The molecule has 1 heterocycles. The number of aryl methyl sites for hydroxylation is 1. The molecule has 0 saturated heterocycles. The molecular weight excluding hydrogens is 232 g/mol. The molecule has 2 nitrogen and oxygen atoms in total. The smallest absolute Gasteiger partial charge is 0.0456 e. The zero-order valence-electron chi connectivity index (χ0n) is 11.2. The molecule has 2 heteroatoms. The predicted molar refractivity (Wildman–Crippen MR) is 80.7 cm³/mol. The molecule has 0 aromatic heterocycles. The Kier molecular flexibility index (Phi) is 3.51. The Morgan fingerprint density at radius 3 is 2.47 bits per heavy atom. The van der Waals surface area contributed by atoms with E-state index in [1.165, 1.54) is 41.8 Å². The highest BCUT2D eigenvalue weighted by Crippen LogP contribution is 2.34. The average Bonchev–Trinajstić information content (AvgIpc) is 2.69. The zero-order chi connectivity index (χ0) is 13.1. The summed E-state index contributed by atoms with van der Waals surface area (Å²) in [5, 5.41) is 0. The minimum Gasteiger partial charge on any atom is -0.341 e. The fourth-order valence-corrected chi connectivity index (χ4v) is 2.89. The maximum atomic E-state index is 5.89. The van der Waals surface area contributed by atoms with E-state index >= 15 is 0 Å². The summed E-state index contributed by atoms with van der Waals surface area (Å²) < 4.78 is 0. The lowest BCUT2D eigenvalue weighted by molar-refractivity contribution is 0.759. The molecule has 3 rings (SSSR count). The van der Waals surface area contributed by atoms with E-state index in [2.05, 4.69) is 53.4 Å². The Balaban J connectivity index is 2.09. The van der Waals surface area contributed by atoms with Crippen molar-refractivity contribution in [3.8, 4) is 0 Å². The molecule has 0 amide bonds. The lowest BCUT2D eigenvalue weighted by atomic mass is 10.1. The Hall–Kier alpha value is -1.80. The molecule has 98 valence electrons. The first kappa shape index (κ1) is 12.2. The summed E-state index contributed by atoms with van der Waals surface area (Å²) in [5.74, 6) is 0. The zero-order valence-corrected chi connectivity index (χ0v) is 11.2. The van der Waals surface area contributed by atoms with Crippen molar-refractivity contribution >= 4 is 11.4 Å². The van der Waals surface area contributed by atoms with Crippen LogP contribution in [-0.2, 0) is 13.0 Å². The molecule has 0 radical (unpaired) electrons. The number of para-hydroxylation sites is 2. The number of anilines is 2. The monoisotopic (exact) mass is 252 g/mol. The van der Waals surface area contributed by atoms with Crippen LogP contribution in [0.3, 0.4) is 0 Å². The van der Waals surface area contributed by atoms with Crippen molar-refractivity contribution in [2.45, 2.75) is 25.8 Å². The summed E-state index contributed by atoms with van der Waals surface area (Å²) >= 11 is 0. The first-order valence-corrected chi connectivity index (χ1v) is 7.03. The van der Waals surface area contributed by atoms with Crippen LogP contribution in [0.1, 0.15) is 24.0 Å². The van der Waals surface area contributed by atoms with E-state index < -0.39 is 0 Å². The molecular formula is C17H20N2. The van der Waals surface area contributed by atoms with Gasteiger partial charge in [-0.25, -0.2) is 0 Å². The highest BCUT2D eigenvalue weighted by molar-refractivity contribution is 5.69. The van der Waals surface area contributed by atoms with Crippen LogP contribution in [0.2, 0.25) is 0 Å². The van der Waals surface area contributed by atoms with Gasteiger partial charge in [0.2, 0.25) is 0 Å². The fourth-order valence-electron chi connectivity index (χ4n) is 2.89. The van der Waals surface area contributed by atoms with Gasteiger partial charge in [-0.1, -0.05) is 36.4 Å². The number of benzene rings is 2. The minimum absolute atomic E-state index is 0.592. The van der Waals surface area contributed by atoms with Crippen molar-refractivity contribution in [1.82, 2.24) is 0 Å². The summed E-state index contributed by atoms with van der Waals surface area (Å²) in [6.45, 7) is 1.67. The summed E-state index contributed by atoms with van der Waals surface area (Å²) in [6.07, 6.45) is 3.67. The maximum Gasteiger partial charge on any atom is 0.0456 e. The van der Waals surface area contributed by atoms with E-state index in [0.29, 0.717) is 6.54 Å². The topological polar surface area (TPSA) is 29.3 Å². The quantitative estimate of drug-likeness (QED) is 0.884. The third kappa shape index (κ3) is 2.36. The van der Waals surface area contributed by atoms with Crippen LogP contribution in [0.25, 0.3) is 0 Å². The van der Waals surface area contributed by atoms with Gasteiger partial charge in [-0.05, 0) is 42.5 Å². The molecule has 2 aromatic carbocycles. The molecule has 0 fully saturated rings. The number of hydrogen-bond donors (Lipinski definition) is 1. The van der Waals surface area contributed by atoms with Crippen LogP contribution in [0.4, 0.5) is 11.4 Å². The Bertz CT molecular complexity index is 563. The van der Waals surface area contributed by atoms with Gasteiger partial charge in [0.1, 0.15) is 0 Å². The van der Waals surface area contributed by atoms with Gasteiger partial charge in [-0.15, -0.1) is 0 Å². The van der Waals surface area contributed by atoms with Crippen molar-refractivity contribution in [1.29, 1.82) is 0 Å². The van der Waals surface area contributed by atoms with E-state index in [0.717, 1.165) is 6.54 Å². The number of nitrogens with two attached hydrogens (primary N) is 1. The molecule has 1 aliphatic rings. The van der Waals surface area contributed by atoms with Gasteiger partial charge >= 0.3 is 0 Å². The van der Waals surface area contributed by atoms with Gasteiger partial charge in [0.15, 0.2) is 0 Å². The SMILES string of the molecule is NCc1ccccc1N1CCCCc2ccccc21. The van der Waals surface area contributed by atoms with Crippen LogP contribution in [0, 0.1) is 0 Å². The maximum absolute atomic E-state index is 5.89. The van der Waals surface area contributed by atoms with E-state index in [4.69, 9.17) is 5.73 Å². The number of rotatable bonds is 2. The molecule has 0 unspecified atom stereocenters. The van der Waals surface area contributed by atoms with Gasteiger partial charge in [0.05, 0.1) is 0 Å². The molecule has 2 N–H and O–H groups in total. The largest absolute Gasteiger partial charge is 0.341 e. The van der Waals surface area contributed by atoms with Crippen molar-refractivity contribution < 1.29 is 0 Å². The lowest BCUT2D eigenvalue weighted by Crippen LogP contribution is -2.20. The molecule has 2 aromatic rings. The third-order valence-electron chi connectivity index (χ3n) is 3.86. The third-order valence-corrected chi connectivity index (χ3v) is 3.86. The molecule has 19 heavy (non-hydrogen) atoms. The second kappa shape index (κ2) is 5.45. The minimum atomic E-state index is 0.592. The lowest BCUT2D eigenvalue weighted by Gasteiger charge is -2.27. The Morgan fingerprint density at radius 1 is 0.895 bits per heavy atom. The molecule has 0 bridgehead atoms. The number of nitrogens with zero attached hydrogens (tertiary/aromatic N) is 1. The van der Waals surface area contributed by atoms with Gasteiger partial charge in [-0.3, -0.25) is 0 Å². The standard InChI is InChI=1S/C17H20N2/c18-13-15-9-2-4-11-17(15)19-12-6-5-8-14-7-1-3-10-16(14)19/h1-4,7,9-11H,5-6,8,12-13,18H2. The van der Waals surface area contributed by atoms with Crippen LogP contribution >= 0.6 is 0 Å². The van der Waals surface area contributed by atoms with Gasteiger partial charge < -0.3 is 10.6 Å². The van der Waals surface area contributed by atoms with Crippen molar-refractivity contribution in [3.05, 3.63) is 59.7 Å². The molecule has 0 saturated carbocycles. The van der Waals surface area contributed by atoms with Crippen LogP contribution < -0.4 is 10.6 Å². The fraction of sp³-hybridized carbons (Fsp3) is 0.294. The normalized spacial score (nSPS) is 14.9. The van der Waals surface area contributed by atoms with Gasteiger partial charge in [-0.2, -0.15) is 0 Å². The van der Waals surface area contributed by atoms with Gasteiger partial charge in [0.25, 0.3) is 0 Å². The summed E-state index contributed by atoms with van der Waals surface area (Å²) in [4.78, 5) is 2.44. The Labute approximate surface area is 114 Å². The second-order valence-corrected chi connectivity index (χ2v) is 5.07. The van der Waals surface area contributed by atoms with E-state index in [-0.39, 0.29) is 0 Å². The van der Waals surface area contributed by atoms with E-state index in [9.17, 15) is 0 Å². The van der Waals surface area contributed by atoms with E-state index in [1.54, 1.807) is 0 Å². The molecule has 0 spiro atoms. The predicted octanol–water partition coefficient (Wildman–Crippen LogP) is 3.62. The van der Waals surface area contributed by atoms with Gasteiger partial charge in [0, 0.05) is 24.5 Å². The van der Waals surface area contributed by atoms with Crippen LogP contribution in [-0.4, -0.2) is 6.54 Å². The highest BCUT2D eigenvalue weighted by Gasteiger charge is 2.17. The molecule has 0 aliphatic carbocycles. The summed E-state index contributed by atoms with van der Waals surface area (Å²) in [5.41, 5.74) is 11.2. The first-order valence-electron chi connectivity index (χ1n) is 7.03. The van der Waals surface area contributed by atoms with Crippen molar-refractivity contribution in [2.24, 2.45) is 5.73 Å². The summed E-state index contributed by atoms with van der Waals surface area (Å²) in [6, 6.07) is 17.2. The first-order chi connectivity index (χ1) is 9.40. The molecule has 0 atom stereocenters. The summed E-state index contributed by atoms with van der Waals surface area (Å²) in [7, 11) is 0. The second-order valence-electron chi connectivity index (χ2n) is 5.07. The number of fused-ring (bicyclic) bond motifs is 1. The van der Waals surface area contributed by atoms with Crippen LogP contribution in [0.15, 0.2) is 48.5 Å². The Morgan fingerprint density at radius 2 is 1.63 bits per heavy atom. The highest BCUT2D eigenvalue weighted by atomic mass is 15.1.